The maximum absolute atomic E-state index is 13.1. The van der Waals surface area contributed by atoms with E-state index in [-0.39, 0.29) is 23.3 Å². The molecule has 4 rings (SSSR count). The van der Waals surface area contributed by atoms with E-state index in [0.29, 0.717) is 30.2 Å². The topological polar surface area (TPSA) is 98.8 Å². The van der Waals surface area contributed by atoms with Gasteiger partial charge < -0.3 is 10.6 Å². The summed E-state index contributed by atoms with van der Waals surface area (Å²) in [6, 6.07) is 13.7. The molecule has 2 aliphatic heterocycles. The van der Waals surface area contributed by atoms with Gasteiger partial charge in [-0.1, -0.05) is 25.0 Å². The molecule has 33 heavy (non-hydrogen) atoms. The first kappa shape index (κ1) is 23.3. The molecule has 176 valence electrons. The molecule has 2 amide bonds. The van der Waals surface area contributed by atoms with Crippen LogP contribution in [-0.4, -0.2) is 49.7 Å². The number of hydrogen-bond donors (Lipinski definition) is 2. The Bertz CT molecular complexity index is 1140. The van der Waals surface area contributed by atoms with Crippen LogP contribution < -0.4 is 15.5 Å². The second-order valence-electron chi connectivity index (χ2n) is 8.96. The summed E-state index contributed by atoms with van der Waals surface area (Å²) < 4.78 is 27.5. The van der Waals surface area contributed by atoms with Crippen LogP contribution in [0.15, 0.2) is 53.4 Å². The van der Waals surface area contributed by atoms with Crippen LogP contribution in [0, 0.1) is 0 Å². The van der Waals surface area contributed by atoms with Gasteiger partial charge in [0, 0.05) is 18.8 Å². The first-order chi connectivity index (χ1) is 15.7. The second-order valence-corrected chi connectivity index (χ2v) is 10.9. The third-order valence-corrected chi connectivity index (χ3v) is 8.17. The SMILES string of the molecule is CC1(C)C(=O)Nc2ccccc2N1C(=O)CNc1ccc(S(=O)(=O)N2CCCCCC2)cc1. The van der Waals surface area contributed by atoms with E-state index in [2.05, 4.69) is 10.6 Å². The van der Waals surface area contributed by atoms with Gasteiger partial charge in [-0.25, -0.2) is 8.42 Å². The summed E-state index contributed by atoms with van der Waals surface area (Å²) in [4.78, 5) is 27.5. The van der Waals surface area contributed by atoms with Gasteiger partial charge in [-0.05, 0) is 63.1 Å². The summed E-state index contributed by atoms with van der Waals surface area (Å²) in [6.45, 7) is 4.48. The highest BCUT2D eigenvalue weighted by molar-refractivity contribution is 7.89. The predicted molar refractivity (Wildman–Crippen MR) is 129 cm³/mol. The maximum atomic E-state index is 13.1. The zero-order valence-electron chi connectivity index (χ0n) is 19.0. The maximum Gasteiger partial charge on any atom is 0.250 e. The molecule has 0 aliphatic carbocycles. The van der Waals surface area contributed by atoms with E-state index < -0.39 is 15.6 Å². The molecular weight excluding hydrogens is 440 g/mol. The van der Waals surface area contributed by atoms with Crippen LogP contribution >= 0.6 is 0 Å². The summed E-state index contributed by atoms with van der Waals surface area (Å²) in [5, 5.41) is 5.91. The molecule has 0 saturated carbocycles. The highest BCUT2D eigenvalue weighted by Crippen LogP contribution is 2.36. The number of rotatable bonds is 5. The number of para-hydroxylation sites is 2. The van der Waals surface area contributed by atoms with Crippen molar-refractivity contribution in [2.75, 3.05) is 35.2 Å². The molecule has 8 nitrogen and oxygen atoms in total. The minimum Gasteiger partial charge on any atom is -0.376 e. The van der Waals surface area contributed by atoms with Crippen molar-refractivity contribution >= 4 is 38.9 Å². The number of benzene rings is 2. The molecular formula is C24H30N4O4S. The molecule has 1 fully saturated rings. The normalized spacial score (nSPS) is 18.7. The third-order valence-electron chi connectivity index (χ3n) is 6.26. The summed E-state index contributed by atoms with van der Waals surface area (Å²) in [5.74, 6) is -0.513. The van der Waals surface area contributed by atoms with Gasteiger partial charge in [0.2, 0.25) is 21.8 Å². The molecule has 0 spiro atoms. The van der Waals surface area contributed by atoms with Crippen molar-refractivity contribution < 1.29 is 18.0 Å². The van der Waals surface area contributed by atoms with Crippen LogP contribution in [0.3, 0.4) is 0 Å². The summed E-state index contributed by atoms with van der Waals surface area (Å²) in [6.07, 6.45) is 3.88. The summed E-state index contributed by atoms with van der Waals surface area (Å²) >= 11 is 0. The number of carbonyl (C=O) groups excluding carboxylic acids is 2. The number of fused-ring (bicyclic) bond motifs is 1. The van der Waals surface area contributed by atoms with E-state index in [4.69, 9.17) is 0 Å². The molecule has 2 N–H and O–H groups in total. The second kappa shape index (κ2) is 9.15. The Labute approximate surface area is 195 Å². The number of carbonyl (C=O) groups is 2. The van der Waals surface area contributed by atoms with Crippen LogP contribution in [0.5, 0.6) is 0 Å². The van der Waals surface area contributed by atoms with Crippen molar-refractivity contribution in [2.24, 2.45) is 0 Å². The molecule has 0 bridgehead atoms. The van der Waals surface area contributed by atoms with Gasteiger partial charge in [-0.3, -0.25) is 14.5 Å². The zero-order chi connectivity index (χ0) is 23.6. The Morgan fingerprint density at radius 1 is 1.00 bits per heavy atom. The highest BCUT2D eigenvalue weighted by Gasteiger charge is 2.43. The minimum atomic E-state index is -3.52. The fraction of sp³-hybridized carbons (Fsp3) is 0.417. The van der Waals surface area contributed by atoms with Gasteiger partial charge in [0.1, 0.15) is 5.54 Å². The molecule has 2 heterocycles. The number of sulfonamides is 1. The Balaban J connectivity index is 1.46. The lowest BCUT2D eigenvalue weighted by Crippen LogP contribution is -2.59. The largest absolute Gasteiger partial charge is 0.376 e. The van der Waals surface area contributed by atoms with Crippen molar-refractivity contribution in [1.82, 2.24) is 4.31 Å². The summed E-state index contributed by atoms with van der Waals surface area (Å²) in [7, 11) is -3.52. The van der Waals surface area contributed by atoms with E-state index in [0.717, 1.165) is 25.7 Å². The Hall–Kier alpha value is -2.91. The number of hydrogen-bond acceptors (Lipinski definition) is 5. The van der Waals surface area contributed by atoms with Crippen molar-refractivity contribution in [3.63, 3.8) is 0 Å². The quantitative estimate of drug-likeness (QED) is 0.698. The monoisotopic (exact) mass is 470 g/mol. The Morgan fingerprint density at radius 2 is 1.64 bits per heavy atom. The van der Waals surface area contributed by atoms with Gasteiger partial charge in [-0.2, -0.15) is 4.31 Å². The molecule has 2 aromatic carbocycles. The summed E-state index contributed by atoms with van der Waals surface area (Å²) in [5.41, 5.74) is 0.829. The Morgan fingerprint density at radius 3 is 2.30 bits per heavy atom. The van der Waals surface area contributed by atoms with Crippen LogP contribution in [0.25, 0.3) is 0 Å². The lowest BCUT2D eigenvalue weighted by atomic mass is 9.96. The van der Waals surface area contributed by atoms with E-state index in [1.54, 1.807) is 60.6 Å². The smallest absolute Gasteiger partial charge is 0.250 e. The molecule has 1 saturated heterocycles. The van der Waals surface area contributed by atoms with Crippen molar-refractivity contribution in [3.8, 4) is 0 Å². The number of nitrogens with zero attached hydrogens (tertiary/aromatic N) is 2. The standard InChI is InChI=1S/C24H30N4O4S/c1-24(2)23(30)26-20-9-5-6-10-21(20)28(24)22(29)17-25-18-11-13-19(14-12-18)33(31,32)27-15-7-3-4-8-16-27/h5-6,9-14,25H,3-4,7-8,15-17H2,1-2H3,(H,26,30). The first-order valence-corrected chi connectivity index (χ1v) is 12.7. The van der Waals surface area contributed by atoms with Gasteiger partial charge in [0.05, 0.1) is 22.8 Å². The zero-order valence-corrected chi connectivity index (χ0v) is 19.8. The predicted octanol–water partition coefficient (Wildman–Crippen LogP) is 3.43. The highest BCUT2D eigenvalue weighted by atomic mass is 32.2. The lowest BCUT2D eigenvalue weighted by Gasteiger charge is -2.42. The average Bonchev–Trinajstić information content (AvgIpc) is 3.09. The molecule has 9 heteroatoms. The van der Waals surface area contributed by atoms with Gasteiger partial charge in [0.25, 0.3) is 0 Å². The average molecular weight is 471 g/mol. The van der Waals surface area contributed by atoms with E-state index in [1.807, 2.05) is 6.07 Å². The lowest BCUT2D eigenvalue weighted by molar-refractivity contribution is -0.125. The van der Waals surface area contributed by atoms with Crippen molar-refractivity contribution in [1.29, 1.82) is 0 Å². The molecule has 2 aliphatic rings. The fourth-order valence-electron chi connectivity index (χ4n) is 4.33. The van der Waals surface area contributed by atoms with Crippen molar-refractivity contribution in [3.05, 3.63) is 48.5 Å². The van der Waals surface area contributed by atoms with Crippen molar-refractivity contribution in [2.45, 2.75) is 50.0 Å². The van der Waals surface area contributed by atoms with Crippen LogP contribution in [0.1, 0.15) is 39.5 Å². The van der Waals surface area contributed by atoms with E-state index in [1.165, 1.54) is 4.90 Å². The van der Waals surface area contributed by atoms with E-state index >= 15 is 0 Å². The van der Waals surface area contributed by atoms with Crippen LogP contribution in [0.4, 0.5) is 17.1 Å². The minimum absolute atomic E-state index is 0.0384. The number of amides is 2. The third kappa shape index (κ3) is 4.60. The molecule has 0 unspecified atom stereocenters. The van der Waals surface area contributed by atoms with E-state index in [9.17, 15) is 18.0 Å². The first-order valence-electron chi connectivity index (χ1n) is 11.3. The van der Waals surface area contributed by atoms with Gasteiger partial charge in [-0.15, -0.1) is 0 Å². The van der Waals surface area contributed by atoms with Gasteiger partial charge >= 0.3 is 0 Å². The molecule has 0 aromatic heterocycles. The van der Waals surface area contributed by atoms with Crippen LogP contribution in [0.2, 0.25) is 0 Å². The number of anilines is 3. The van der Waals surface area contributed by atoms with Crippen LogP contribution in [-0.2, 0) is 19.6 Å². The number of nitrogens with one attached hydrogen (secondary N) is 2. The molecule has 0 radical (unpaired) electrons. The molecule has 0 atom stereocenters. The van der Waals surface area contributed by atoms with Gasteiger partial charge in [0.15, 0.2) is 0 Å². The fourth-order valence-corrected chi connectivity index (χ4v) is 5.85. The molecule has 2 aromatic rings. The Kier molecular flexibility index (Phi) is 6.45.